The van der Waals surface area contributed by atoms with Crippen LogP contribution in [0.15, 0.2) is 24.3 Å². The van der Waals surface area contributed by atoms with Gasteiger partial charge in [0.2, 0.25) is 0 Å². The first-order valence-corrected chi connectivity index (χ1v) is 8.52. The molecule has 0 radical (unpaired) electrons. The van der Waals surface area contributed by atoms with E-state index in [4.69, 9.17) is 11.6 Å². The van der Waals surface area contributed by atoms with E-state index in [1.807, 2.05) is 0 Å². The average molecular weight is 348 g/mol. The molecule has 0 bridgehead atoms. The van der Waals surface area contributed by atoms with Crippen LogP contribution in [-0.2, 0) is 0 Å². The molecule has 24 heavy (non-hydrogen) atoms. The average Bonchev–Trinajstić information content (AvgIpc) is 2.97. The summed E-state index contributed by atoms with van der Waals surface area (Å²) in [5, 5.41) is 11.3. The van der Waals surface area contributed by atoms with Gasteiger partial charge in [0.15, 0.2) is 5.82 Å². The minimum atomic E-state index is -0.310. The zero-order valence-corrected chi connectivity index (χ0v) is 13.8. The van der Waals surface area contributed by atoms with Crippen molar-refractivity contribution in [3.05, 3.63) is 41.1 Å². The summed E-state index contributed by atoms with van der Waals surface area (Å²) in [6, 6.07) is 6.15. The first kappa shape index (κ1) is 15.3. The lowest BCUT2D eigenvalue weighted by atomic mass is 9.89. The number of rotatable bonds is 3. The van der Waals surface area contributed by atoms with Crippen LogP contribution < -0.4 is 5.32 Å². The highest BCUT2D eigenvalue weighted by molar-refractivity contribution is 6.29. The van der Waals surface area contributed by atoms with Gasteiger partial charge < -0.3 is 5.32 Å². The van der Waals surface area contributed by atoms with Gasteiger partial charge in [-0.2, -0.15) is 5.10 Å². The lowest BCUT2D eigenvalue weighted by Crippen LogP contribution is -2.10. The van der Waals surface area contributed by atoms with E-state index < -0.39 is 0 Å². The summed E-state index contributed by atoms with van der Waals surface area (Å²) in [6.07, 6.45) is 5.86. The normalized spacial score (nSPS) is 15.8. The first-order chi connectivity index (χ1) is 11.7. The number of hydrogen-bond donors (Lipinski definition) is 2. The predicted octanol–water partition coefficient (Wildman–Crippen LogP) is 5.18. The molecule has 0 aliphatic heterocycles. The van der Waals surface area contributed by atoms with Crippen molar-refractivity contribution in [1.29, 1.82) is 0 Å². The molecule has 1 fully saturated rings. The van der Waals surface area contributed by atoms with E-state index in [2.05, 4.69) is 25.5 Å². The van der Waals surface area contributed by atoms with Crippen LogP contribution in [0.2, 0.25) is 5.15 Å². The number of halogens is 2. The number of benzene rings is 1. The summed E-state index contributed by atoms with van der Waals surface area (Å²) in [6.45, 7) is 0. The Labute approximate surface area is 145 Å². The van der Waals surface area contributed by atoms with Gasteiger partial charge in [0.1, 0.15) is 22.6 Å². The maximum atomic E-state index is 13.5. The summed E-state index contributed by atoms with van der Waals surface area (Å²) in [4.78, 5) is 9.00. The molecule has 5 nitrogen and oxygen atoms in total. The van der Waals surface area contributed by atoms with Crippen molar-refractivity contribution in [2.75, 3.05) is 5.32 Å². The second-order valence-electron chi connectivity index (χ2n) is 6.16. The van der Waals surface area contributed by atoms with Crippen LogP contribution in [-0.4, -0.2) is 20.2 Å². The smallest absolute Gasteiger partial charge is 0.161 e. The zero-order valence-electron chi connectivity index (χ0n) is 13.0. The molecule has 1 aliphatic rings. The molecular formula is C17H19ClFN5. The monoisotopic (exact) mass is 347 g/mol. The fourth-order valence-corrected chi connectivity index (χ4v) is 3.44. The van der Waals surface area contributed by atoms with Gasteiger partial charge in [-0.15, -0.1) is 0 Å². The van der Waals surface area contributed by atoms with Crippen molar-refractivity contribution >= 4 is 34.1 Å². The second kappa shape index (κ2) is 6.36. The van der Waals surface area contributed by atoms with Gasteiger partial charge in [0.05, 0.1) is 5.52 Å². The van der Waals surface area contributed by atoms with Gasteiger partial charge in [-0.25, -0.2) is 14.4 Å². The molecule has 0 saturated heterocycles. The van der Waals surface area contributed by atoms with Gasteiger partial charge in [-0.05, 0) is 31.0 Å². The lowest BCUT2D eigenvalue weighted by molar-refractivity contribution is 0.429. The second-order valence-corrected chi connectivity index (χ2v) is 6.54. The van der Waals surface area contributed by atoms with Crippen LogP contribution in [0.1, 0.15) is 45.3 Å². The highest BCUT2D eigenvalue weighted by atomic mass is 35.5. The van der Waals surface area contributed by atoms with Crippen molar-refractivity contribution in [2.45, 2.75) is 38.0 Å². The molecule has 0 atom stereocenters. The maximum absolute atomic E-state index is 13.5. The molecule has 126 valence electrons. The highest BCUT2D eigenvalue weighted by Crippen LogP contribution is 2.32. The Bertz CT molecular complexity index is 879. The van der Waals surface area contributed by atoms with E-state index in [-0.39, 0.29) is 7.24 Å². The van der Waals surface area contributed by atoms with Crippen LogP contribution in [0.5, 0.6) is 0 Å². The topological polar surface area (TPSA) is 66.5 Å². The summed E-state index contributed by atoms with van der Waals surface area (Å²) < 4.78 is 13.5. The maximum Gasteiger partial charge on any atom is 0.161 e. The quantitative estimate of drug-likeness (QED) is 0.640. The van der Waals surface area contributed by atoms with Crippen LogP contribution >= 0.6 is 11.6 Å². The molecule has 1 aliphatic carbocycles. The minimum absolute atomic E-state index is 0. The Morgan fingerprint density at radius 3 is 2.83 bits per heavy atom. The number of nitrogens with zero attached hydrogens (tertiary/aromatic N) is 3. The third kappa shape index (κ3) is 3.06. The summed E-state index contributed by atoms with van der Waals surface area (Å²) in [5.41, 5.74) is 0.756. The third-order valence-corrected chi connectivity index (χ3v) is 4.65. The van der Waals surface area contributed by atoms with Crippen LogP contribution in [0.3, 0.4) is 0 Å². The molecule has 0 amide bonds. The van der Waals surface area contributed by atoms with Gasteiger partial charge in [-0.3, -0.25) is 5.10 Å². The van der Waals surface area contributed by atoms with Gasteiger partial charge >= 0.3 is 0 Å². The summed E-state index contributed by atoms with van der Waals surface area (Å²) in [7, 11) is 0. The summed E-state index contributed by atoms with van der Waals surface area (Å²) in [5.74, 6) is 1.92. The minimum Gasteiger partial charge on any atom is -0.323 e. The number of anilines is 2. The Morgan fingerprint density at radius 2 is 2.00 bits per heavy atom. The molecule has 2 heterocycles. The Hall–Kier alpha value is -2.21. The molecule has 2 N–H and O–H groups in total. The standard InChI is InChI=1S/C17H17ClFN5.H2/c18-14-9-15(21-16(20-14)10-4-2-1-3-5-10)22-17-12-8-11(19)6-7-13(12)23-24-17;/h6-10H,1-5H2,(H2,20,21,22,23,24);1H. The van der Waals surface area contributed by atoms with Crippen LogP contribution in [0, 0.1) is 5.82 Å². The van der Waals surface area contributed by atoms with E-state index in [1.54, 1.807) is 12.1 Å². The van der Waals surface area contributed by atoms with Crippen molar-refractivity contribution in [3.63, 3.8) is 0 Å². The van der Waals surface area contributed by atoms with Gasteiger partial charge in [0, 0.05) is 18.8 Å². The first-order valence-electron chi connectivity index (χ1n) is 8.14. The molecule has 1 saturated carbocycles. The fraction of sp³-hybridized carbons (Fsp3) is 0.353. The van der Waals surface area contributed by atoms with Crippen molar-refractivity contribution in [1.82, 2.24) is 20.2 Å². The molecule has 2 aromatic heterocycles. The molecule has 4 rings (SSSR count). The Morgan fingerprint density at radius 1 is 1.17 bits per heavy atom. The van der Waals surface area contributed by atoms with E-state index in [1.165, 1.54) is 31.4 Å². The van der Waals surface area contributed by atoms with E-state index in [0.29, 0.717) is 28.1 Å². The number of nitrogens with one attached hydrogen (secondary N) is 2. The number of hydrogen-bond acceptors (Lipinski definition) is 4. The number of aromatic amines is 1. The fourth-order valence-electron chi connectivity index (χ4n) is 3.25. The van der Waals surface area contributed by atoms with Crippen molar-refractivity contribution < 1.29 is 5.82 Å². The highest BCUT2D eigenvalue weighted by Gasteiger charge is 2.19. The van der Waals surface area contributed by atoms with Crippen LogP contribution in [0.4, 0.5) is 16.0 Å². The molecule has 0 unspecified atom stereocenters. The van der Waals surface area contributed by atoms with Crippen molar-refractivity contribution in [2.24, 2.45) is 0 Å². The zero-order chi connectivity index (χ0) is 16.5. The Kier molecular flexibility index (Phi) is 4.06. The molecule has 7 heteroatoms. The molecule has 1 aromatic carbocycles. The third-order valence-electron chi connectivity index (χ3n) is 4.45. The molecule has 3 aromatic rings. The SMILES string of the molecule is Fc1ccc2[nH]nc(Nc3cc(Cl)nc(C4CCCCC4)n3)c2c1.[HH]. The van der Waals surface area contributed by atoms with E-state index in [0.717, 1.165) is 24.2 Å². The van der Waals surface area contributed by atoms with Crippen molar-refractivity contribution in [3.8, 4) is 0 Å². The lowest BCUT2D eigenvalue weighted by Gasteiger charge is -2.20. The number of H-pyrrole nitrogens is 1. The molecular weight excluding hydrogens is 329 g/mol. The predicted molar refractivity (Wildman–Crippen MR) is 94.3 cm³/mol. The molecule has 0 spiro atoms. The largest absolute Gasteiger partial charge is 0.323 e. The Balaban J connectivity index is 0.00000182. The summed E-state index contributed by atoms with van der Waals surface area (Å²) >= 11 is 6.17. The van der Waals surface area contributed by atoms with E-state index >= 15 is 0 Å². The van der Waals surface area contributed by atoms with Gasteiger partial charge in [-0.1, -0.05) is 30.9 Å². The number of fused-ring (bicyclic) bond motifs is 1. The number of aromatic nitrogens is 4. The van der Waals surface area contributed by atoms with Gasteiger partial charge in [0.25, 0.3) is 0 Å². The van der Waals surface area contributed by atoms with E-state index in [9.17, 15) is 4.39 Å². The van der Waals surface area contributed by atoms with Crippen LogP contribution in [0.25, 0.3) is 10.9 Å².